The Balaban J connectivity index is 1.25. The third-order valence-corrected chi connectivity index (χ3v) is 6.89. The van der Waals surface area contributed by atoms with Crippen molar-refractivity contribution in [1.82, 2.24) is 9.55 Å². The standard InChI is InChI=1S/C23H24F2N4OS/c24-23(25)12-16(13-23)14-28-10-4-9-20(28)21(30)27-22-26-18(15-31-22)19-8-5-11-29(19)17-6-2-1-3-7-17/h1-4,6-7,9-10,15-16,19H,5,8,11-14H2,(H,26,27,30)/t19-/m1/s1. The predicted molar refractivity (Wildman–Crippen MR) is 118 cm³/mol. The van der Waals surface area contributed by atoms with E-state index in [-0.39, 0.29) is 30.7 Å². The molecule has 0 radical (unpaired) electrons. The van der Waals surface area contributed by atoms with Crippen molar-refractivity contribution in [3.8, 4) is 0 Å². The van der Waals surface area contributed by atoms with Gasteiger partial charge in [0, 0.05) is 43.2 Å². The number of para-hydroxylation sites is 1. The van der Waals surface area contributed by atoms with E-state index in [9.17, 15) is 13.6 Å². The first-order valence-electron chi connectivity index (χ1n) is 10.6. The van der Waals surface area contributed by atoms with E-state index < -0.39 is 5.92 Å². The molecular weight excluding hydrogens is 418 g/mol. The van der Waals surface area contributed by atoms with Gasteiger partial charge in [-0.1, -0.05) is 18.2 Å². The minimum atomic E-state index is -2.55. The molecule has 1 aromatic carbocycles. The molecule has 1 amide bonds. The number of hydrogen-bond acceptors (Lipinski definition) is 4. The maximum absolute atomic E-state index is 13.1. The second-order valence-electron chi connectivity index (χ2n) is 8.39. The van der Waals surface area contributed by atoms with Crippen LogP contribution in [0.25, 0.3) is 0 Å². The van der Waals surface area contributed by atoms with Gasteiger partial charge in [-0.05, 0) is 43.0 Å². The van der Waals surface area contributed by atoms with Gasteiger partial charge in [0.1, 0.15) is 5.69 Å². The first-order valence-corrected chi connectivity index (χ1v) is 11.5. The molecule has 0 bridgehead atoms. The van der Waals surface area contributed by atoms with Crippen LogP contribution in [0.4, 0.5) is 19.6 Å². The highest BCUT2D eigenvalue weighted by atomic mass is 32.1. The van der Waals surface area contributed by atoms with Crippen molar-refractivity contribution >= 4 is 28.1 Å². The summed E-state index contributed by atoms with van der Waals surface area (Å²) in [5.41, 5.74) is 2.62. The second kappa shape index (κ2) is 8.07. The fourth-order valence-electron chi connectivity index (χ4n) is 4.63. The van der Waals surface area contributed by atoms with Crippen molar-refractivity contribution in [1.29, 1.82) is 0 Å². The zero-order valence-corrected chi connectivity index (χ0v) is 17.8. The molecular formula is C23H24F2N4OS. The summed E-state index contributed by atoms with van der Waals surface area (Å²) in [5.74, 6) is -2.90. The number of halogens is 2. The normalized spacial score (nSPS) is 20.6. The van der Waals surface area contributed by atoms with E-state index in [0.717, 1.165) is 25.1 Å². The Morgan fingerprint density at radius 2 is 2.00 bits per heavy atom. The van der Waals surface area contributed by atoms with Crippen molar-refractivity contribution in [3.05, 3.63) is 65.4 Å². The van der Waals surface area contributed by atoms with Gasteiger partial charge in [0.05, 0.1) is 11.7 Å². The number of hydrogen-bond donors (Lipinski definition) is 1. The minimum Gasteiger partial charge on any atom is -0.363 e. The molecule has 1 aliphatic heterocycles. The Labute approximate surface area is 183 Å². The third-order valence-electron chi connectivity index (χ3n) is 6.12. The lowest BCUT2D eigenvalue weighted by molar-refractivity contribution is -0.114. The summed E-state index contributed by atoms with van der Waals surface area (Å²) in [6, 6.07) is 14.0. The highest BCUT2D eigenvalue weighted by molar-refractivity contribution is 7.14. The van der Waals surface area contributed by atoms with Gasteiger partial charge in [0.2, 0.25) is 5.92 Å². The van der Waals surface area contributed by atoms with Gasteiger partial charge in [0.25, 0.3) is 5.91 Å². The Kier molecular flexibility index (Phi) is 5.25. The van der Waals surface area contributed by atoms with Crippen LogP contribution in [0.3, 0.4) is 0 Å². The SMILES string of the molecule is O=C(Nc1nc([C@H]2CCCN2c2ccccc2)cs1)c1cccn1CC1CC(F)(F)C1. The van der Waals surface area contributed by atoms with Gasteiger partial charge in [0.15, 0.2) is 5.13 Å². The molecule has 0 unspecified atom stereocenters. The molecule has 8 heteroatoms. The summed E-state index contributed by atoms with van der Waals surface area (Å²) in [4.78, 5) is 19.9. The monoisotopic (exact) mass is 442 g/mol. The number of carbonyl (C=O) groups excluding carboxylic acids is 1. The Hall–Kier alpha value is -2.74. The minimum absolute atomic E-state index is 0.0910. The van der Waals surface area contributed by atoms with Crippen LogP contribution < -0.4 is 10.2 Å². The van der Waals surface area contributed by atoms with E-state index in [2.05, 4.69) is 22.3 Å². The second-order valence-corrected chi connectivity index (χ2v) is 9.25. The molecule has 1 atom stereocenters. The predicted octanol–water partition coefficient (Wildman–Crippen LogP) is 5.58. The zero-order valence-electron chi connectivity index (χ0n) is 17.0. The van der Waals surface area contributed by atoms with Crippen LogP contribution >= 0.6 is 11.3 Å². The first kappa shape index (κ1) is 20.2. The number of nitrogens with zero attached hydrogens (tertiary/aromatic N) is 3. The van der Waals surface area contributed by atoms with E-state index in [0.29, 0.717) is 17.4 Å². The van der Waals surface area contributed by atoms with Crippen LogP contribution in [-0.4, -0.2) is 27.9 Å². The molecule has 3 aromatic rings. The molecule has 1 N–H and O–H groups in total. The topological polar surface area (TPSA) is 50.2 Å². The fraction of sp³-hybridized carbons (Fsp3) is 0.391. The van der Waals surface area contributed by atoms with Gasteiger partial charge in [-0.25, -0.2) is 13.8 Å². The number of amides is 1. The number of nitrogens with one attached hydrogen (secondary N) is 1. The maximum Gasteiger partial charge on any atom is 0.274 e. The average molecular weight is 443 g/mol. The van der Waals surface area contributed by atoms with E-state index >= 15 is 0 Å². The number of anilines is 2. The van der Waals surface area contributed by atoms with Crippen molar-refractivity contribution in [2.45, 2.75) is 44.2 Å². The molecule has 3 heterocycles. The van der Waals surface area contributed by atoms with Crippen LogP contribution in [0.2, 0.25) is 0 Å². The van der Waals surface area contributed by atoms with Crippen molar-refractivity contribution < 1.29 is 13.6 Å². The molecule has 1 saturated heterocycles. The van der Waals surface area contributed by atoms with Crippen molar-refractivity contribution in [2.75, 3.05) is 16.8 Å². The van der Waals surface area contributed by atoms with Crippen LogP contribution in [0.5, 0.6) is 0 Å². The maximum atomic E-state index is 13.1. The zero-order chi connectivity index (χ0) is 21.4. The molecule has 162 valence electrons. The molecule has 31 heavy (non-hydrogen) atoms. The molecule has 1 saturated carbocycles. The molecule has 5 nitrogen and oxygen atoms in total. The summed E-state index contributed by atoms with van der Waals surface area (Å²) in [7, 11) is 0. The quantitative estimate of drug-likeness (QED) is 0.542. The number of carbonyl (C=O) groups is 1. The van der Waals surface area contributed by atoms with E-state index in [1.54, 1.807) is 22.9 Å². The smallest absolute Gasteiger partial charge is 0.274 e. The molecule has 2 aromatic heterocycles. The lowest BCUT2D eigenvalue weighted by Crippen LogP contribution is -2.38. The van der Waals surface area contributed by atoms with E-state index in [1.165, 1.54) is 17.0 Å². The summed E-state index contributed by atoms with van der Waals surface area (Å²) in [6.07, 6.45) is 3.69. The van der Waals surface area contributed by atoms with E-state index in [1.807, 2.05) is 23.6 Å². The highest BCUT2D eigenvalue weighted by Crippen LogP contribution is 2.43. The third kappa shape index (κ3) is 4.21. The van der Waals surface area contributed by atoms with Gasteiger partial charge >= 0.3 is 0 Å². The van der Waals surface area contributed by atoms with Crippen molar-refractivity contribution in [3.63, 3.8) is 0 Å². The van der Waals surface area contributed by atoms with Crippen LogP contribution in [-0.2, 0) is 6.54 Å². The summed E-state index contributed by atoms with van der Waals surface area (Å²) < 4.78 is 28.0. The molecule has 2 fully saturated rings. The summed E-state index contributed by atoms with van der Waals surface area (Å²) in [6.45, 7) is 1.42. The van der Waals surface area contributed by atoms with E-state index in [4.69, 9.17) is 4.98 Å². The average Bonchev–Trinajstić information content (AvgIpc) is 3.47. The molecule has 5 rings (SSSR count). The Bertz CT molecular complexity index is 1060. The van der Waals surface area contributed by atoms with Crippen LogP contribution in [0.1, 0.15) is 47.9 Å². The lowest BCUT2D eigenvalue weighted by atomic mass is 9.81. The lowest BCUT2D eigenvalue weighted by Gasteiger charge is -2.35. The Morgan fingerprint density at radius 3 is 2.77 bits per heavy atom. The molecule has 2 aliphatic rings. The fourth-order valence-corrected chi connectivity index (χ4v) is 5.38. The summed E-state index contributed by atoms with van der Waals surface area (Å²) in [5, 5.41) is 5.46. The Morgan fingerprint density at radius 1 is 1.19 bits per heavy atom. The first-order chi connectivity index (χ1) is 15.0. The molecule has 0 spiro atoms. The number of benzene rings is 1. The number of alkyl halides is 2. The van der Waals surface area contributed by atoms with Gasteiger partial charge in [-0.3, -0.25) is 10.1 Å². The number of rotatable bonds is 6. The van der Waals surface area contributed by atoms with Crippen molar-refractivity contribution in [2.24, 2.45) is 5.92 Å². The van der Waals surface area contributed by atoms with Gasteiger partial charge in [-0.15, -0.1) is 11.3 Å². The van der Waals surface area contributed by atoms with Gasteiger partial charge in [-0.2, -0.15) is 0 Å². The van der Waals surface area contributed by atoms with Crippen LogP contribution in [0, 0.1) is 5.92 Å². The summed E-state index contributed by atoms with van der Waals surface area (Å²) >= 11 is 1.42. The number of aromatic nitrogens is 2. The largest absolute Gasteiger partial charge is 0.363 e. The molecule has 1 aliphatic carbocycles. The van der Waals surface area contributed by atoms with Crippen LogP contribution in [0.15, 0.2) is 54.0 Å². The highest BCUT2D eigenvalue weighted by Gasteiger charge is 2.45. The number of thiazole rings is 1. The van der Waals surface area contributed by atoms with Gasteiger partial charge < -0.3 is 9.47 Å².